The summed E-state index contributed by atoms with van der Waals surface area (Å²) < 4.78 is 23.2. The van der Waals surface area contributed by atoms with Gasteiger partial charge in [-0.25, -0.2) is 4.21 Å². The lowest BCUT2D eigenvalue weighted by atomic mass is 9.89. The molecule has 1 aliphatic heterocycles. The maximum atomic E-state index is 13.0. The van der Waals surface area contributed by atoms with Gasteiger partial charge in [-0.1, -0.05) is 12.1 Å². The van der Waals surface area contributed by atoms with Crippen LogP contribution in [0.3, 0.4) is 0 Å². The van der Waals surface area contributed by atoms with Gasteiger partial charge in [0.2, 0.25) is 0 Å². The lowest BCUT2D eigenvalue weighted by Gasteiger charge is -2.35. The van der Waals surface area contributed by atoms with E-state index in [2.05, 4.69) is 27.5 Å². The van der Waals surface area contributed by atoms with Gasteiger partial charge < -0.3 is 14.2 Å². The molecular formula is C25H28N4O3S. The molecule has 3 aromatic rings. The van der Waals surface area contributed by atoms with Gasteiger partial charge in [0.05, 0.1) is 24.0 Å². The first-order valence-corrected chi connectivity index (χ1v) is 13.2. The number of nitriles is 1. The highest BCUT2D eigenvalue weighted by molar-refractivity contribution is 7.92. The maximum absolute atomic E-state index is 13.0. The van der Waals surface area contributed by atoms with Gasteiger partial charge in [0.15, 0.2) is 0 Å². The van der Waals surface area contributed by atoms with Gasteiger partial charge in [0.25, 0.3) is 5.56 Å². The normalized spacial score (nSPS) is 14.8. The van der Waals surface area contributed by atoms with E-state index in [0.717, 1.165) is 37.1 Å². The smallest absolute Gasteiger partial charge is 0.270 e. The van der Waals surface area contributed by atoms with Gasteiger partial charge in [0.1, 0.15) is 17.4 Å². The van der Waals surface area contributed by atoms with Crippen LogP contribution in [-0.4, -0.2) is 41.5 Å². The SMILES string of the molecule is COc1ccc(C2CCN(c3c(C#N)c(=O)n(C)c4cc(N=S(C)(C)=O)ccc34)CC2)cc1. The monoisotopic (exact) mass is 464 g/mol. The fraction of sp³-hybridized carbons (Fsp3) is 0.360. The average Bonchev–Trinajstić information content (AvgIpc) is 2.80. The minimum absolute atomic E-state index is 0.160. The first kappa shape index (κ1) is 22.9. The van der Waals surface area contributed by atoms with Crippen LogP contribution in [0.5, 0.6) is 5.75 Å². The molecule has 0 radical (unpaired) electrons. The summed E-state index contributed by atoms with van der Waals surface area (Å²) in [6, 6.07) is 15.8. The second-order valence-electron chi connectivity index (χ2n) is 8.71. The van der Waals surface area contributed by atoms with Crippen molar-refractivity contribution in [1.82, 2.24) is 4.57 Å². The Balaban J connectivity index is 1.72. The molecule has 2 aromatic carbocycles. The molecule has 2 heterocycles. The number of hydrogen-bond donors (Lipinski definition) is 0. The number of anilines is 1. The molecule has 0 atom stereocenters. The van der Waals surface area contributed by atoms with Crippen molar-refractivity contribution in [2.75, 3.05) is 37.6 Å². The van der Waals surface area contributed by atoms with Crippen LogP contribution in [-0.2, 0) is 16.8 Å². The number of fused-ring (bicyclic) bond motifs is 1. The third-order valence-electron chi connectivity index (χ3n) is 6.19. The van der Waals surface area contributed by atoms with Crippen molar-refractivity contribution in [3.63, 3.8) is 0 Å². The van der Waals surface area contributed by atoms with E-state index >= 15 is 0 Å². The number of methoxy groups -OCH3 is 1. The second kappa shape index (κ2) is 8.91. The molecule has 0 bridgehead atoms. The predicted molar refractivity (Wildman–Crippen MR) is 133 cm³/mol. The average molecular weight is 465 g/mol. The number of hydrogen-bond acceptors (Lipinski definition) is 6. The Bertz CT molecular complexity index is 1410. The minimum Gasteiger partial charge on any atom is -0.497 e. The topological polar surface area (TPSA) is 87.7 Å². The van der Waals surface area contributed by atoms with Gasteiger partial charge in [-0.15, -0.1) is 0 Å². The highest BCUT2D eigenvalue weighted by Crippen LogP contribution is 2.36. The van der Waals surface area contributed by atoms with Crippen LogP contribution in [0, 0.1) is 11.3 Å². The lowest BCUT2D eigenvalue weighted by molar-refractivity contribution is 0.414. The zero-order valence-corrected chi connectivity index (χ0v) is 20.2. The van der Waals surface area contributed by atoms with Crippen molar-refractivity contribution in [3.8, 4) is 11.8 Å². The van der Waals surface area contributed by atoms with Crippen molar-refractivity contribution in [2.45, 2.75) is 18.8 Å². The van der Waals surface area contributed by atoms with E-state index in [1.54, 1.807) is 38.8 Å². The third-order valence-corrected chi connectivity index (χ3v) is 6.84. The third kappa shape index (κ3) is 4.60. The molecule has 172 valence electrons. The molecule has 0 amide bonds. The fourth-order valence-corrected chi connectivity index (χ4v) is 5.18. The Morgan fingerprint density at radius 1 is 1.12 bits per heavy atom. The van der Waals surface area contributed by atoms with E-state index in [-0.39, 0.29) is 11.1 Å². The van der Waals surface area contributed by atoms with E-state index < -0.39 is 9.73 Å². The summed E-state index contributed by atoms with van der Waals surface area (Å²) in [6.45, 7) is 1.50. The first-order valence-electron chi connectivity index (χ1n) is 10.8. The number of piperidine rings is 1. The van der Waals surface area contributed by atoms with Crippen molar-refractivity contribution in [3.05, 3.63) is 63.9 Å². The van der Waals surface area contributed by atoms with Crippen LogP contribution in [0.1, 0.15) is 29.9 Å². The molecule has 4 rings (SSSR count). The predicted octanol–water partition coefficient (Wildman–Crippen LogP) is 4.16. The Kier molecular flexibility index (Phi) is 6.17. The van der Waals surface area contributed by atoms with Crippen LogP contribution in [0.4, 0.5) is 11.4 Å². The van der Waals surface area contributed by atoms with Crippen LogP contribution in [0.15, 0.2) is 51.6 Å². The summed E-state index contributed by atoms with van der Waals surface area (Å²) in [6.07, 6.45) is 5.00. The van der Waals surface area contributed by atoms with Gasteiger partial charge >= 0.3 is 0 Å². The molecule has 0 saturated carbocycles. The molecule has 1 fully saturated rings. The summed E-state index contributed by atoms with van der Waals surface area (Å²) >= 11 is 0. The summed E-state index contributed by atoms with van der Waals surface area (Å²) in [5.74, 6) is 1.26. The minimum atomic E-state index is -2.33. The molecule has 1 saturated heterocycles. The number of rotatable bonds is 4. The van der Waals surface area contributed by atoms with Crippen molar-refractivity contribution >= 4 is 32.0 Å². The summed E-state index contributed by atoms with van der Waals surface area (Å²) in [5.41, 5.74) is 3.02. The zero-order chi connectivity index (χ0) is 23.8. The molecule has 0 spiro atoms. The number of aromatic nitrogens is 1. The van der Waals surface area contributed by atoms with Crippen molar-refractivity contribution in [2.24, 2.45) is 11.4 Å². The van der Waals surface area contributed by atoms with Crippen LogP contribution in [0.2, 0.25) is 0 Å². The van der Waals surface area contributed by atoms with Gasteiger partial charge in [0, 0.05) is 47.8 Å². The standard InChI is InChI=1S/C25H28N4O3S/c1-28-23-15-19(27-33(3,4)31)7-10-21(23)24(22(16-26)25(28)30)29-13-11-18(12-14-29)17-5-8-20(32-2)9-6-17/h5-10,15,18H,11-14H2,1-4H3. The fourth-order valence-electron chi connectivity index (χ4n) is 4.56. The zero-order valence-electron chi connectivity index (χ0n) is 19.4. The van der Waals surface area contributed by atoms with Crippen LogP contribution < -0.4 is 15.2 Å². The Morgan fingerprint density at radius 3 is 2.36 bits per heavy atom. The largest absolute Gasteiger partial charge is 0.497 e. The first-order chi connectivity index (χ1) is 15.7. The summed E-state index contributed by atoms with van der Waals surface area (Å²) in [5, 5.41) is 10.7. The number of aryl methyl sites for hydroxylation is 1. The highest BCUT2D eigenvalue weighted by Gasteiger charge is 2.26. The maximum Gasteiger partial charge on any atom is 0.270 e. The number of nitrogens with zero attached hydrogens (tertiary/aromatic N) is 4. The highest BCUT2D eigenvalue weighted by atomic mass is 32.2. The molecule has 0 unspecified atom stereocenters. The van der Waals surface area contributed by atoms with Gasteiger partial charge in [-0.2, -0.15) is 9.62 Å². The van der Waals surface area contributed by atoms with E-state index in [0.29, 0.717) is 22.8 Å². The molecular weight excluding hydrogens is 436 g/mol. The molecule has 0 aliphatic carbocycles. The number of ether oxygens (including phenoxy) is 1. The van der Waals surface area contributed by atoms with E-state index in [9.17, 15) is 14.3 Å². The quantitative estimate of drug-likeness (QED) is 0.579. The molecule has 33 heavy (non-hydrogen) atoms. The summed E-state index contributed by atoms with van der Waals surface area (Å²) in [4.78, 5) is 15.2. The second-order valence-corrected chi connectivity index (χ2v) is 11.3. The lowest BCUT2D eigenvalue weighted by Crippen LogP contribution is -2.35. The van der Waals surface area contributed by atoms with Crippen LogP contribution >= 0.6 is 0 Å². The number of pyridine rings is 1. The molecule has 1 aliphatic rings. The van der Waals surface area contributed by atoms with E-state index in [4.69, 9.17) is 4.74 Å². The van der Waals surface area contributed by atoms with Crippen molar-refractivity contribution in [1.29, 1.82) is 5.26 Å². The van der Waals surface area contributed by atoms with Crippen LogP contribution in [0.25, 0.3) is 10.9 Å². The van der Waals surface area contributed by atoms with Gasteiger partial charge in [-0.3, -0.25) is 4.79 Å². The number of benzene rings is 2. The van der Waals surface area contributed by atoms with Gasteiger partial charge in [-0.05, 0) is 54.7 Å². The Labute approximate surface area is 194 Å². The molecule has 8 heteroatoms. The van der Waals surface area contributed by atoms with E-state index in [1.165, 1.54) is 10.1 Å². The van der Waals surface area contributed by atoms with Crippen molar-refractivity contribution < 1.29 is 8.95 Å². The molecule has 7 nitrogen and oxygen atoms in total. The molecule has 0 N–H and O–H groups in total. The Hall–Kier alpha value is -3.31. The molecule has 1 aromatic heterocycles. The summed E-state index contributed by atoms with van der Waals surface area (Å²) in [7, 11) is 0.986. The Morgan fingerprint density at radius 2 is 1.79 bits per heavy atom. The van der Waals surface area contributed by atoms with E-state index in [1.807, 2.05) is 18.2 Å².